The van der Waals surface area contributed by atoms with Gasteiger partial charge in [0, 0.05) is 23.2 Å². The van der Waals surface area contributed by atoms with E-state index in [-0.39, 0.29) is 0 Å². The maximum Gasteiger partial charge on any atom is 0.163 e. The van der Waals surface area contributed by atoms with Crippen LogP contribution in [-0.4, -0.2) is 9.97 Å². The Morgan fingerprint density at radius 2 is 1.84 bits per heavy atom. The quantitative estimate of drug-likeness (QED) is 0.898. The highest BCUT2D eigenvalue weighted by molar-refractivity contribution is 6.33. The summed E-state index contributed by atoms with van der Waals surface area (Å²) in [6, 6.07) is 9.50. The Morgan fingerprint density at radius 3 is 2.58 bits per heavy atom. The van der Waals surface area contributed by atoms with Crippen LogP contribution < -0.4 is 5.73 Å². The minimum atomic E-state index is 0.520. The smallest absolute Gasteiger partial charge is 0.163 e. The summed E-state index contributed by atoms with van der Waals surface area (Å²) >= 11 is 6.20. The summed E-state index contributed by atoms with van der Waals surface area (Å²) in [5.74, 6) is 1.67. The zero-order chi connectivity index (χ0) is 13.2. The van der Waals surface area contributed by atoms with Gasteiger partial charge in [-0.3, -0.25) is 0 Å². The van der Waals surface area contributed by atoms with Crippen molar-refractivity contribution >= 4 is 17.4 Å². The lowest BCUT2D eigenvalue weighted by atomic mass is 10.0. The van der Waals surface area contributed by atoms with Gasteiger partial charge in [-0.15, -0.1) is 0 Å². The fourth-order valence-corrected chi connectivity index (χ4v) is 2.90. The van der Waals surface area contributed by atoms with Crippen LogP contribution in [0.15, 0.2) is 30.3 Å². The molecule has 1 fully saturated rings. The molecule has 1 heterocycles. The first-order chi connectivity index (χ1) is 9.24. The molecule has 3 rings (SSSR count). The molecule has 3 nitrogen and oxygen atoms in total. The molecule has 1 aliphatic rings. The van der Waals surface area contributed by atoms with Gasteiger partial charge in [-0.05, 0) is 25.0 Å². The predicted molar refractivity (Wildman–Crippen MR) is 78.1 cm³/mol. The standard InChI is InChI=1S/C15H16ClN3/c16-12-8-4-3-7-11(12)15-18-13(9-14(17)19-15)10-5-1-2-6-10/h3-4,7-10H,1-2,5-6H2,(H2,17,18,19). The number of rotatable bonds is 2. The zero-order valence-electron chi connectivity index (χ0n) is 10.6. The Labute approximate surface area is 117 Å². The summed E-state index contributed by atoms with van der Waals surface area (Å²) in [4.78, 5) is 8.99. The lowest BCUT2D eigenvalue weighted by molar-refractivity contribution is 0.696. The largest absolute Gasteiger partial charge is 0.384 e. The third-order valence-electron chi connectivity index (χ3n) is 3.65. The molecule has 0 aliphatic heterocycles. The molecule has 2 aromatic rings. The average molecular weight is 274 g/mol. The summed E-state index contributed by atoms with van der Waals surface area (Å²) in [6.45, 7) is 0. The summed E-state index contributed by atoms with van der Waals surface area (Å²) in [5, 5.41) is 0.658. The SMILES string of the molecule is Nc1cc(C2CCCC2)nc(-c2ccccc2Cl)n1. The van der Waals surface area contributed by atoms with Crippen molar-refractivity contribution in [3.63, 3.8) is 0 Å². The van der Waals surface area contributed by atoms with Crippen LogP contribution in [0.25, 0.3) is 11.4 Å². The second kappa shape index (κ2) is 5.17. The summed E-state index contributed by atoms with van der Waals surface area (Å²) in [7, 11) is 0. The van der Waals surface area contributed by atoms with E-state index in [0.29, 0.717) is 22.6 Å². The number of aromatic nitrogens is 2. The number of anilines is 1. The lowest BCUT2D eigenvalue weighted by Gasteiger charge is -2.11. The second-order valence-corrected chi connectivity index (χ2v) is 5.41. The number of hydrogen-bond donors (Lipinski definition) is 1. The van der Waals surface area contributed by atoms with E-state index in [0.717, 1.165) is 11.3 Å². The van der Waals surface area contributed by atoms with Crippen LogP contribution >= 0.6 is 11.6 Å². The molecule has 0 radical (unpaired) electrons. The fraction of sp³-hybridized carbons (Fsp3) is 0.333. The van der Waals surface area contributed by atoms with Crippen LogP contribution in [0, 0.1) is 0 Å². The topological polar surface area (TPSA) is 51.8 Å². The first-order valence-corrected chi connectivity index (χ1v) is 7.01. The second-order valence-electron chi connectivity index (χ2n) is 5.00. The Bertz CT molecular complexity index is 592. The van der Waals surface area contributed by atoms with Crippen LogP contribution in [-0.2, 0) is 0 Å². The summed E-state index contributed by atoms with van der Waals surface area (Å²) in [6.07, 6.45) is 4.93. The van der Waals surface area contributed by atoms with E-state index >= 15 is 0 Å². The molecule has 1 saturated carbocycles. The van der Waals surface area contributed by atoms with E-state index in [2.05, 4.69) is 9.97 Å². The number of halogens is 1. The van der Waals surface area contributed by atoms with Crippen molar-refractivity contribution < 1.29 is 0 Å². The molecule has 0 amide bonds. The Kier molecular flexibility index (Phi) is 3.38. The molecular weight excluding hydrogens is 258 g/mol. The number of nitrogens with zero attached hydrogens (tertiary/aromatic N) is 2. The molecule has 0 spiro atoms. The highest BCUT2D eigenvalue weighted by Crippen LogP contribution is 2.35. The first-order valence-electron chi connectivity index (χ1n) is 6.63. The van der Waals surface area contributed by atoms with Crippen LogP contribution in [0.1, 0.15) is 37.3 Å². The molecule has 0 atom stereocenters. The van der Waals surface area contributed by atoms with Gasteiger partial charge in [0.15, 0.2) is 5.82 Å². The van der Waals surface area contributed by atoms with Crippen molar-refractivity contribution in [2.45, 2.75) is 31.6 Å². The highest BCUT2D eigenvalue weighted by Gasteiger charge is 2.20. The van der Waals surface area contributed by atoms with Gasteiger partial charge in [-0.1, -0.05) is 36.6 Å². The number of hydrogen-bond acceptors (Lipinski definition) is 3. The maximum absolute atomic E-state index is 6.20. The molecule has 1 aromatic heterocycles. The van der Waals surface area contributed by atoms with Crippen LogP contribution in [0.3, 0.4) is 0 Å². The Balaban J connectivity index is 2.04. The molecule has 0 saturated heterocycles. The number of nitrogen functional groups attached to an aromatic ring is 1. The van der Waals surface area contributed by atoms with Crippen molar-refractivity contribution in [1.82, 2.24) is 9.97 Å². The van der Waals surface area contributed by atoms with Gasteiger partial charge in [-0.2, -0.15) is 0 Å². The number of benzene rings is 1. The Morgan fingerprint density at radius 1 is 1.11 bits per heavy atom. The van der Waals surface area contributed by atoms with Crippen LogP contribution in [0.4, 0.5) is 5.82 Å². The molecule has 19 heavy (non-hydrogen) atoms. The average Bonchev–Trinajstić information content (AvgIpc) is 2.92. The van der Waals surface area contributed by atoms with E-state index in [1.807, 2.05) is 30.3 Å². The van der Waals surface area contributed by atoms with Gasteiger partial charge in [0.2, 0.25) is 0 Å². The van der Waals surface area contributed by atoms with E-state index in [1.165, 1.54) is 25.7 Å². The molecule has 2 N–H and O–H groups in total. The van der Waals surface area contributed by atoms with Gasteiger partial charge in [0.05, 0.1) is 5.02 Å². The molecule has 1 aliphatic carbocycles. The van der Waals surface area contributed by atoms with Gasteiger partial charge < -0.3 is 5.73 Å². The molecule has 98 valence electrons. The summed E-state index contributed by atoms with van der Waals surface area (Å²) in [5.41, 5.74) is 7.82. The third-order valence-corrected chi connectivity index (χ3v) is 3.98. The van der Waals surface area contributed by atoms with E-state index in [9.17, 15) is 0 Å². The van der Waals surface area contributed by atoms with Gasteiger partial charge in [0.1, 0.15) is 5.82 Å². The molecular formula is C15H16ClN3. The lowest BCUT2D eigenvalue weighted by Crippen LogP contribution is -2.03. The highest BCUT2D eigenvalue weighted by atomic mass is 35.5. The minimum absolute atomic E-state index is 0.520. The normalized spacial score (nSPS) is 15.8. The fourth-order valence-electron chi connectivity index (χ4n) is 2.68. The first kappa shape index (κ1) is 12.4. The van der Waals surface area contributed by atoms with Crippen molar-refractivity contribution in [1.29, 1.82) is 0 Å². The van der Waals surface area contributed by atoms with Gasteiger partial charge >= 0.3 is 0 Å². The number of nitrogens with two attached hydrogens (primary N) is 1. The van der Waals surface area contributed by atoms with Crippen LogP contribution in [0.2, 0.25) is 5.02 Å². The van der Waals surface area contributed by atoms with Crippen LogP contribution in [0.5, 0.6) is 0 Å². The van der Waals surface area contributed by atoms with E-state index in [4.69, 9.17) is 17.3 Å². The van der Waals surface area contributed by atoms with E-state index < -0.39 is 0 Å². The Hall–Kier alpha value is -1.61. The summed E-state index contributed by atoms with van der Waals surface area (Å²) < 4.78 is 0. The van der Waals surface area contributed by atoms with Gasteiger partial charge in [0.25, 0.3) is 0 Å². The maximum atomic E-state index is 6.20. The molecule has 1 aromatic carbocycles. The molecule has 0 unspecified atom stereocenters. The molecule has 4 heteroatoms. The van der Waals surface area contributed by atoms with E-state index in [1.54, 1.807) is 0 Å². The zero-order valence-corrected chi connectivity index (χ0v) is 11.4. The van der Waals surface area contributed by atoms with Crippen molar-refractivity contribution in [2.24, 2.45) is 0 Å². The third kappa shape index (κ3) is 2.56. The predicted octanol–water partition coefficient (Wildman–Crippen LogP) is 4.04. The molecule has 0 bridgehead atoms. The minimum Gasteiger partial charge on any atom is -0.384 e. The van der Waals surface area contributed by atoms with Gasteiger partial charge in [-0.25, -0.2) is 9.97 Å². The monoisotopic (exact) mass is 273 g/mol. The van der Waals surface area contributed by atoms with Crippen molar-refractivity contribution in [2.75, 3.05) is 5.73 Å². The van der Waals surface area contributed by atoms with Crippen molar-refractivity contribution in [3.8, 4) is 11.4 Å². The van der Waals surface area contributed by atoms with Crippen molar-refractivity contribution in [3.05, 3.63) is 41.0 Å².